The van der Waals surface area contributed by atoms with E-state index in [1.54, 1.807) is 0 Å². The summed E-state index contributed by atoms with van der Waals surface area (Å²) in [5, 5.41) is 8.62. The number of hydrogen-bond acceptors (Lipinski definition) is 3. The number of hydrazone groups is 1. The van der Waals surface area contributed by atoms with Crippen molar-refractivity contribution in [2.45, 2.75) is 44.9 Å². The number of hydrogen-bond donors (Lipinski definition) is 1. The molecule has 0 radical (unpaired) electrons. The van der Waals surface area contributed by atoms with Gasteiger partial charge in [-0.25, -0.2) is 5.01 Å². The minimum absolute atomic E-state index is 0.00574. The van der Waals surface area contributed by atoms with Gasteiger partial charge in [0.2, 0.25) is 11.8 Å². The van der Waals surface area contributed by atoms with Crippen LogP contribution in [0.3, 0.4) is 0 Å². The van der Waals surface area contributed by atoms with E-state index in [4.69, 9.17) is 0 Å². The molecular formula is C20H25N3O2. The Morgan fingerprint density at radius 2 is 1.96 bits per heavy atom. The summed E-state index contributed by atoms with van der Waals surface area (Å²) in [6, 6.07) is 9.80. The molecule has 0 fully saturated rings. The summed E-state index contributed by atoms with van der Waals surface area (Å²) in [7, 11) is 0. The fourth-order valence-corrected chi connectivity index (χ4v) is 3.25. The van der Waals surface area contributed by atoms with Gasteiger partial charge in [-0.05, 0) is 37.7 Å². The molecule has 0 aromatic heterocycles. The van der Waals surface area contributed by atoms with Crippen LogP contribution in [0.15, 0.2) is 47.1 Å². The molecule has 2 aliphatic rings. The highest BCUT2D eigenvalue weighted by Gasteiger charge is 2.23. The first-order valence-corrected chi connectivity index (χ1v) is 9.10. The number of benzene rings is 1. The van der Waals surface area contributed by atoms with Gasteiger partial charge in [0.25, 0.3) is 0 Å². The minimum atomic E-state index is -0.150. The van der Waals surface area contributed by atoms with Crippen molar-refractivity contribution in [3.63, 3.8) is 0 Å². The summed E-state index contributed by atoms with van der Waals surface area (Å²) in [6.07, 6.45) is 9.03. The Balaban J connectivity index is 1.52. The van der Waals surface area contributed by atoms with Gasteiger partial charge in [0, 0.05) is 19.4 Å². The average molecular weight is 339 g/mol. The first-order chi connectivity index (χ1) is 12.2. The summed E-state index contributed by atoms with van der Waals surface area (Å²) in [5.74, 6) is -0.243. The second-order valence-electron chi connectivity index (χ2n) is 6.57. The van der Waals surface area contributed by atoms with Crippen molar-refractivity contribution in [3.8, 4) is 0 Å². The smallest absolute Gasteiger partial charge is 0.243 e. The summed E-state index contributed by atoms with van der Waals surface area (Å²) in [6.45, 7) is 0.621. The van der Waals surface area contributed by atoms with Crippen LogP contribution in [-0.2, 0) is 9.59 Å². The molecule has 1 aliphatic heterocycles. The van der Waals surface area contributed by atoms with E-state index in [2.05, 4.69) is 16.5 Å². The Morgan fingerprint density at radius 3 is 2.72 bits per heavy atom. The molecule has 3 rings (SSSR count). The molecule has 132 valence electrons. The number of nitrogens with one attached hydrogen (secondary N) is 1. The molecule has 1 aliphatic carbocycles. The molecule has 0 saturated carbocycles. The summed E-state index contributed by atoms with van der Waals surface area (Å²) in [5.41, 5.74) is 3.30. The van der Waals surface area contributed by atoms with Gasteiger partial charge < -0.3 is 5.32 Å². The molecule has 0 bridgehead atoms. The number of nitrogens with zero attached hydrogens (tertiary/aromatic N) is 2. The highest BCUT2D eigenvalue weighted by molar-refractivity contribution is 6.04. The van der Waals surface area contributed by atoms with Gasteiger partial charge in [-0.1, -0.05) is 42.0 Å². The zero-order valence-electron chi connectivity index (χ0n) is 14.5. The van der Waals surface area contributed by atoms with Gasteiger partial charge in [-0.3, -0.25) is 9.59 Å². The van der Waals surface area contributed by atoms with E-state index in [-0.39, 0.29) is 18.4 Å². The van der Waals surface area contributed by atoms with E-state index < -0.39 is 0 Å². The molecule has 0 spiro atoms. The van der Waals surface area contributed by atoms with Gasteiger partial charge >= 0.3 is 0 Å². The summed E-state index contributed by atoms with van der Waals surface area (Å²) in [4.78, 5) is 24.2. The van der Waals surface area contributed by atoms with E-state index in [9.17, 15) is 9.59 Å². The third-order valence-electron chi connectivity index (χ3n) is 4.66. The fraction of sp³-hybridized carbons (Fsp3) is 0.450. The molecule has 0 saturated heterocycles. The van der Waals surface area contributed by atoms with Crippen LogP contribution >= 0.6 is 0 Å². The van der Waals surface area contributed by atoms with Gasteiger partial charge in [-0.15, -0.1) is 0 Å². The first-order valence-electron chi connectivity index (χ1n) is 9.10. The van der Waals surface area contributed by atoms with Crippen LogP contribution in [0.25, 0.3) is 0 Å². The predicted molar refractivity (Wildman–Crippen MR) is 98.1 cm³/mol. The second-order valence-corrected chi connectivity index (χ2v) is 6.57. The lowest BCUT2D eigenvalue weighted by molar-refractivity contribution is -0.136. The molecule has 1 aromatic carbocycles. The monoisotopic (exact) mass is 339 g/mol. The SMILES string of the molecule is O=C(CN1N=C(c2ccccc2)CCC1=O)NCCC1=CCCCC1. The highest BCUT2D eigenvalue weighted by atomic mass is 16.2. The topological polar surface area (TPSA) is 61.8 Å². The van der Waals surface area contributed by atoms with E-state index in [1.165, 1.54) is 23.4 Å². The molecule has 0 unspecified atom stereocenters. The maximum absolute atomic E-state index is 12.1. The van der Waals surface area contributed by atoms with E-state index >= 15 is 0 Å². The quantitative estimate of drug-likeness (QED) is 0.810. The van der Waals surface area contributed by atoms with Crippen molar-refractivity contribution in [2.24, 2.45) is 5.10 Å². The average Bonchev–Trinajstić information content (AvgIpc) is 2.65. The van der Waals surface area contributed by atoms with Crippen molar-refractivity contribution in [3.05, 3.63) is 47.5 Å². The Bertz CT molecular complexity index is 679. The van der Waals surface area contributed by atoms with Crippen LogP contribution < -0.4 is 5.32 Å². The molecule has 5 nitrogen and oxygen atoms in total. The van der Waals surface area contributed by atoms with Crippen molar-refractivity contribution in [1.82, 2.24) is 10.3 Å². The fourth-order valence-electron chi connectivity index (χ4n) is 3.25. The van der Waals surface area contributed by atoms with Crippen molar-refractivity contribution >= 4 is 17.5 Å². The van der Waals surface area contributed by atoms with Gasteiger partial charge in [0.15, 0.2) is 0 Å². The zero-order valence-corrected chi connectivity index (χ0v) is 14.5. The third-order valence-corrected chi connectivity index (χ3v) is 4.66. The third kappa shape index (κ3) is 5.02. The Labute approximate surface area is 148 Å². The zero-order chi connectivity index (χ0) is 17.5. The molecule has 5 heteroatoms. The number of carbonyl (C=O) groups is 2. The van der Waals surface area contributed by atoms with E-state index in [1.807, 2.05) is 30.3 Å². The molecule has 2 amide bonds. The lowest BCUT2D eigenvalue weighted by atomic mass is 9.97. The minimum Gasteiger partial charge on any atom is -0.354 e. The number of allylic oxidation sites excluding steroid dienone is 1. The van der Waals surface area contributed by atoms with Crippen LogP contribution in [0, 0.1) is 0 Å². The number of carbonyl (C=O) groups excluding carboxylic acids is 2. The van der Waals surface area contributed by atoms with E-state index in [0.29, 0.717) is 19.4 Å². The summed E-state index contributed by atoms with van der Waals surface area (Å²) < 4.78 is 0. The van der Waals surface area contributed by atoms with E-state index in [0.717, 1.165) is 30.5 Å². The lowest BCUT2D eigenvalue weighted by Crippen LogP contribution is -2.40. The molecule has 0 atom stereocenters. The van der Waals surface area contributed by atoms with Crippen LogP contribution in [0.2, 0.25) is 0 Å². The van der Waals surface area contributed by atoms with Crippen LogP contribution in [0.5, 0.6) is 0 Å². The maximum Gasteiger partial charge on any atom is 0.243 e. The van der Waals surface area contributed by atoms with Gasteiger partial charge in [0.1, 0.15) is 6.54 Å². The number of amides is 2. The van der Waals surface area contributed by atoms with Crippen molar-refractivity contribution < 1.29 is 9.59 Å². The lowest BCUT2D eigenvalue weighted by Gasteiger charge is -2.23. The van der Waals surface area contributed by atoms with Gasteiger partial charge in [0.05, 0.1) is 5.71 Å². The normalized spacial score (nSPS) is 17.8. The second kappa shape index (κ2) is 8.60. The standard InChI is InChI=1S/C20H25N3O2/c24-19(21-14-13-16-7-3-1-4-8-16)15-23-20(25)12-11-18(22-23)17-9-5-2-6-10-17/h2,5-7,9-10H,1,3-4,8,11-15H2,(H,21,24). The Morgan fingerprint density at radius 1 is 1.12 bits per heavy atom. The van der Waals surface area contributed by atoms with Gasteiger partial charge in [-0.2, -0.15) is 5.10 Å². The first kappa shape index (κ1) is 17.4. The Hall–Kier alpha value is -2.43. The molecule has 1 aromatic rings. The molecule has 25 heavy (non-hydrogen) atoms. The highest BCUT2D eigenvalue weighted by Crippen LogP contribution is 2.19. The molecule has 1 heterocycles. The molecular weight excluding hydrogens is 314 g/mol. The largest absolute Gasteiger partial charge is 0.354 e. The molecule has 1 N–H and O–H groups in total. The van der Waals surface area contributed by atoms with Crippen LogP contribution in [0.1, 0.15) is 50.5 Å². The Kier molecular flexibility index (Phi) is 5.99. The predicted octanol–water partition coefficient (Wildman–Crippen LogP) is 3.02. The summed E-state index contributed by atoms with van der Waals surface area (Å²) >= 11 is 0. The van der Waals surface area contributed by atoms with Crippen molar-refractivity contribution in [2.75, 3.05) is 13.1 Å². The van der Waals surface area contributed by atoms with Crippen LogP contribution in [0.4, 0.5) is 0 Å². The maximum atomic E-state index is 12.1. The van der Waals surface area contributed by atoms with Crippen molar-refractivity contribution in [1.29, 1.82) is 0 Å². The van der Waals surface area contributed by atoms with Crippen LogP contribution in [-0.4, -0.2) is 35.6 Å². The number of rotatable bonds is 6.